The van der Waals surface area contributed by atoms with Crippen molar-refractivity contribution in [1.82, 2.24) is 33.8 Å². The normalized spacial score (nSPS) is 20.3. The van der Waals surface area contributed by atoms with Gasteiger partial charge in [0.15, 0.2) is 12.5 Å². The molecule has 4 heterocycles. The van der Waals surface area contributed by atoms with Gasteiger partial charge < -0.3 is 34.7 Å². The Labute approximate surface area is 349 Å². The predicted molar refractivity (Wildman–Crippen MR) is 222 cm³/mol. The van der Waals surface area contributed by atoms with Gasteiger partial charge >= 0.3 is 25.0 Å². The van der Waals surface area contributed by atoms with E-state index in [1.807, 2.05) is 0 Å². The van der Waals surface area contributed by atoms with Crippen molar-refractivity contribution in [3.63, 3.8) is 0 Å². The molecule has 2 amide bonds. The van der Waals surface area contributed by atoms with Crippen molar-refractivity contribution in [2.75, 3.05) is 64.1 Å². The van der Waals surface area contributed by atoms with Gasteiger partial charge in [0.1, 0.15) is 24.3 Å². The summed E-state index contributed by atoms with van der Waals surface area (Å²) < 4.78 is 44.7. The molecule has 0 spiro atoms. The third kappa shape index (κ3) is 10.6. The average Bonchev–Trinajstić information content (AvgIpc) is 3.28. The van der Waals surface area contributed by atoms with Gasteiger partial charge in [-0.3, -0.25) is 23.3 Å². The molecule has 5 atom stereocenters. The van der Waals surface area contributed by atoms with Crippen LogP contribution >= 0.6 is 7.67 Å². The molecule has 2 aliphatic heterocycles. The minimum absolute atomic E-state index is 0.0154. The fourth-order valence-electron chi connectivity index (χ4n) is 6.61. The molecule has 7 rings (SSSR count). The molecule has 0 aliphatic carbocycles. The number of carbonyl (C=O) groups excluding carboxylic acids is 3. The molecule has 0 saturated carbocycles. The molecule has 2 aliphatic rings. The molecule has 3 aromatic carbocycles. The number of rotatable bonds is 14. The maximum Gasteiger partial charge on any atom is 0.351 e. The summed E-state index contributed by atoms with van der Waals surface area (Å²) >= 11 is 0. The van der Waals surface area contributed by atoms with Crippen LogP contribution < -0.4 is 27.3 Å². The molecular formula is C41H44N9O10P. The summed E-state index contributed by atoms with van der Waals surface area (Å²) in [5.74, 6) is -1.38. The lowest BCUT2D eigenvalue weighted by molar-refractivity contribution is -0.126. The molecule has 0 bridgehead atoms. The number of aromatic nitrogens is 4. The van der Waals surface area contributed by atoms with E-state index in [9.17, 15) is 28.5 Å². The number of amides is 2. The Bertz CT molecular complexity index is 2490. The fraction of sp³-hybridized carbons (Fsp3) is 0.293. The highest BCUT2D eigenvalue weighted by Gasteiger charge is 2.43. The summed E-state index contributed by atoms with van der Waals surface area (Å²) in [4.78, 5) is 72.9. The van der Waals surface area contributed by atoms with Gasteiger partial charge in [-0.1, -0.05) is 54.6 Å². The number of anilines is 2. The lowest BCUT2D eigenvalue weighted by Gasteiger charge is -2.43. The van der Waals surface area contributed by atoms with Gasteiger partial charge in [-0.15, -0.1) is 0 Å². The highest BCUT2D eigenvalue weighted by Crippen LogP contribution is 2.54. The Morgan fingerprint density at radius 1 is 0.705 bits per heavy atom. The van der Waals surface area contributed by atoms with E-state index in [2.05, 4.69) is 25.9 Å². The van der Waals surface area contributed by atoms with Crippen LogP contribution in [0.2, 0.25) is 0 Å². The molecule has 5 aromatic rings. The van der Waals surface area contributed by atoms with Crippen LogP contribution in [0, 0.1) is 0 Å². The monoisotopic (exact) mass is 853 g/mol. The summed E-state index contributed by atoms with van der Waals surface area (Å²) in [7, 11) is -0.768. The summed E-state index contributed by atoms with van der Waals surface area (Å²) in [6.45, 7) is -0.0190. The molecule has 2 fully saturated rings. The largest absolute Gasteiger partial charge is 0.459 e. The van der Waals surface area contributed by atoms with Gasteiger partial charge in [0, 0.05) is 43.2 Å². The molecule has 318 valence electrons. The number of hydrogen-bond donors (Lipinski definition) is 3. The number of ether oxygens (including phenoxy) is 3. The van der Waals surface area contributed by atoms with E-state index < -0.39 is 61.5 Å². The summed E-state index contributed by atoms with van der Waals surface area (Å²) in [6.07, 6.45) is -0.584. The molecular weight excluding hydrogens is 809 g/mol. The van der Waals surface area contributed by atoms with Crippen molar-refractivity contribution in [1.29, 1.82) is 0 Å². The van der Waals surface area contributed by atoms with Gasteiger partial charge in [-0.05, 0) is 62.6 Å². The first-order chi connectivity index (χ1) is 29.5. The van der Waals surface area contributed by atoms with Crippen LogP contribution in [-0.2, 0) is 23.3 Å². The van der Waals surface area contributed by atoms with E-state index >= 15 is 0 Å². The highest BCUT2D eigenvalue weighted by atomic mass is 31.2. The Morgan fingerprint density at radius 2 is 1.21 bits per heavy atom. The molecule has 2 saturated heterocycles. The number of morpholine rings is 2. The van der Waals surface area contributed by atoms with E-state index in [1.165, 1.54) is 43.0 Å². The molecule has 2 aromatic heterocycles. The fourth-order valence-corrected chi connectivity index (χ4v) is 8.61. The molecule has 0 radical (unpaired) electrons. The van der Waals surface area contributed by atoms with Gasteiger partial charge in [-0.2, -0.15) is 9.97 Å². The Balaban J connectivity index is 1.05. The highest BCUT2D eigenvalue weighted by molar-refractivity contribution is 7.53. The molecule has 20 heteroatoms. The van der Waals surface area contributed by atoms with Crippen molar-refractivity contribution >= 4 is 37.1 Å². The van der Waals surface area contributed by atoms with Crippen LogP contribution in [0.25, 0.3) is 0 Å². The Morgan fingerprint density at radius 3 is 1.74 bits per heavy atom. The number of nitrogens with zero attached hydrogens (tertiary/aromatic N) is 6. The van der Waals surface area contributed by atoms with E-state index in [4.69, 9.17) is 18.7 Å². The number of hydrogen-bond acceptors (Lipinski definition) is 13. The minimum Gasteiger partial charge on any atom is -0.459 e. The SMILES string of the molecule is CN(C)[P@](=O)(OC[C@@H]1CNC[C@H](n2ccc(NC(=O)c3ccccc3)nc2=O)O1)N1C[C@@H](COC(=O)c2ccccc2)O[C@@H](n2ccc(NC(=O)c3ccccc3)nc2=O)C1. The van der Waals surface area contributed by atoms with Gasteiger partial charge in [0.25, 0.3) is 11.8 Å². The zero-order valence-electron chi connectivity index (χ0n) is 33.2. The number of carbonyl (C=O) groups is 3. The third-order valence-corrected chi connectivity index (χ3v) is 12.2. The summed E-state index contributed by atoms with van der Waals surface area (Å²) in [5.41, 5.74) is -0.309. The quantitative estimate of drug-likeness (QED) is 0.108. The first-order valence-corrected chi connectivity index (χ1v) is 20.8. The molecule has 61 heavy (non-hydrogen) atoms. The first-order valence-electron chi connectivity index (χ1n) is 19.3. The lowest BCUT2D eigenvalue weighted by Crippen LogP contribution is -2.50. The van der Waals surface area contributed by atoms with Crippen molar-refractivity contribution in [2.45, 2.75) is 24.7 Å². The van der Waals surface area contributed by atoms with Gasteiger partial charge in [-0.25, -0.2) is 23.7 Å². The predicted octanol–water partition coefficient (Wildman–Crippen LogP) is 3.23. The van der Waals surface area contributed by atoms with Crippen LogP contribution in [-0.4, -0.2) is 112 Å². The maximum atomic E-state index is 15.0. The number of nitrogens with one attached hydrogen (secondary N) is 3. The summed E-state index contributed by atoms with van der Waals surface area (Å²) in [5, 5.41) is 8.45. The van der Waals surface area contributed by atoms with Crippen molar-refractivity contribution < 1.29 is 37.7 Å². The average molecular weight is 854 g/mol. The van der Waals surface area contributed by atoms with Crippen molar-refractivity contribution in [3.8, 4) is 0 Å². The first kappa shape index (κ1) is 42.9. The van der Waals surface area contributed by atoms with Crippen LogP contribution in [0.5, 0.6) is 0 Å². The Kier molecular flexibility index (Phi) is 13.7. The van der Waals surface area contributed by atoms with Crippen LogP contribution in [0.4, 0.5) is 11.6 Å². The molecule has 0 unspecified atom stereocenters. The second-order valence-corrected chi connectivity index (χ2v) is 16.8. The smallest absolute Gasteiger partial charge is 0.351 e. The van der Waals surface area contributed by atoms with Gasteiger partial charge in [0.05, 0.1) is 24.8 Å². The van der Waals surface area contributed by atoms with Crippen LogP contribution in [0.1, 0.15) is 43.5 Å². The zero-order valence-corrected chi connectivity index (χ0v) is 34.1. The minimum atomic E-state index is -3.93. The van der Waals surface area contributed by atoms with E-state index in [1.54, 1.807) is 105 Å². The van der Waals surface area contributed by atoms with Crippen LogP contribution in [0.3, 0.4) is 0 Å². The second-order valence-electron chi connectivity index (χ2n) is 14.2. The summed E-state index contributed by atoms with van der Waals surface area (Å²) in [6, 6.07) is 28.3. The van der Waals surface area contributed by atoms with Gasteiger partial charge in [0.2, 0.25) is 0 Å². The van der Waals surface area contributed by atoms with E-state index in [-0.39, 0.29) is 44.5 Å². The standard InChI is InChI=1S/C41H44N9O10P/c1-47(2)61(56,58-27-31-22-42-23-35(59-31)49-20-18-33(45-40(49)54)43-37(51)28-12-6-3-7-13-28)48-24-32(26-57-39(53)30-16-10-5-11-17-30)60-36(25-48)50-21-19-34(46-41(50)55)44-38(52)29-14-8-4-9-15-29/h3-21,31-32,35-36,42H,22-27H2,1-2H3,(H,43,45,51,54)(H,44,46,52,55)/t31-,32-,35+,36+,61-/m0/s1. The number of benzene rings is 3. The third-order valence-electron chi connectivity index (χ3n) is 9.71. The molecule has 19 nitrogen and oxygen atoms in total. The molecule has 3 N–H and O–H groups in total. The lowest BCUT2D eigenvalue weighted by atomic mass is 10.2. The van der Waals surface area contributed by atoms with E-state index in [0.29, 0.717) is 23.2 Å². The zero-order chi connectivity index (χ0) is 42.9. The van der Waals surface area contributed by atoms with E-state index in [0.717, 1.165) is 0 Å². The number of esters is 1. The topological polar surface area (TPSA) is 218 Å². The van der Waals surface area contributed by atoms with Crippen molar-refractivity contribution in [3.05, 3.63) is 153 Å². The van der Waals surface area contributed by atoms with Crippen LogP contribution in [0.15, 0.2) is 125 Å². The maximum absolute atomic E-state index is 15.0. The van der Waals surface area contributed by atoms with Crippen molar-refractivity contribution in [2.24, 2.45) is 0 Å². The Hall–Kier alpha value is -6.18. The second kappa shape index (κ2) is 19.5.